The first-order valence-electron chi connectivity index (χ1n) is 8.89. The maximum Gasteiger partial charge on any atom is 0.260 e. The number of ether oxygens (including phenoxy) is 3. The van der Waals surface area contributed by atoms with Gasteiger partial charge in [-0.3, -0.25) is 9.69 Å². The van der Waals surface area contributed by atoms with E-state index < -0.39 is 0 Å². The third-order valence-electron chi connectivity index (χ3n) is 4.31. The summed E-state index contributed by atoms with van der Waals surface area (Å²) < 4.78 is 16.2. The Bertz CT molecular complexity index is 746. The summed E-state index contributed by atoms with van der Waals surface area (Å²) in [5, 5.41) is 3.08. The smallest absolute Gasteiger partial charge is 0.260 e. The molecule has 7 nitrogen and oxygen atoms in total. The molecule has 1 aliphatic heterocycles. The van der Waals surface area contributed by atoms with E-state index >= 15 is 0 Å². The highest BCUT2D eigenvalue weighted by Crippen LogP contribution is 2.25. The molecule has 0 bridgehead atoms. The Morgan fingerprint density at radius 1 is 1.30 bits per heavy atom. The minimum absolute atomic E-state index is 0.0400. The fraction of sp³-hybridized carbons (Fsp3) is 0.474. The summed E-state index contributed by atoms with van der Waals surface area (Å²) >= 11 is 1.63. The molecule has 1 amide bonds. The van der Waals surface area contributed by atoms with Crippen LogP contribution in [0, 0.1) is 0 Å². The van der Waals surface area contributed by atoms with Crippen molar-refractivity contribution in [2.24, 2.45) is 0 Å². The lowest BCUT2D eigenvalue weighted by atomic mass is 10.3. The number of thiazole rings is 1. The molecular weight excluding hydrogens is 366 g/mol. The van der Waals surface area contributed by atoms with E-state index in [0.717, 1.165) is 43.5 Å². The van der Waals surface area contributed by atoms with Crippen molar-refractivity contribution in [2.75, 3.05) is 47.1 Å². The van der Waals surface area contributed by atoms with E-state index in [4.69, 9.17) is 14.2 Å². The van der Waals surface area contributed by atoms with E-state index in [1.165, 1.54) is 0 Å². The predicted octanol–water partition coefficient (Wildman–Crippen LogP) is 2.02. The summed E-state index contributed by atoms with van der Waals surface area (Å²) in [5.74, 6) is 1.06. The molecule has 1 aromatic heterocycles. The van der Waals surface area contributed by atoms with Crippen LogP contribution in [-0.4, -0.2) is 67.8 Å². The standard InChI is InChI=1S/C19H25N3O4S/c1-21(19(23)13-26-17-6-4-3-5-16(17)24-2)11-15-14-27-18(20-15)12-22-7-9-25-10-8-22/h3-6,14H,7-13H2,1-2H3. The van der Waals surface area contributed by atoms with Gasteiger partial charge in [0.2, 0.25) is 0 Å². The van der Waals surface area contributed by atoms with Gasteiger partial charge in [-0.05, 0) is 12.1 Å². The number of likely N-dealkylation sites (N-methyl/N-ethyl adjacent to an activating group) is 1. The maximum absolute atomic E-state index is 12.4. The molecule has 1 aliphatic rings. The highest BCUT2D eigenvalue weighted by Gasteiger charge is 2.15. The van der Waals surface area contributed by atoms with Gasteiger partial charge in [0.25, 0.3) is 5.91 Å². The number of carbonyl (C=O) groups is 1. The van der Waals surface area contributed by atoms with Gasteiger partial charge in [0.1, 0.15) is 5.01 Å². The van der Waals surface area contributed by atoms with Crippen molar-refractivity contribution in [3.05, 3.63) is 40.3 Å². The summed E-state index contributed by atoms with van der Waals surface area (Å²) in [5.41, 5.74) is 0.899. The zero-order chi connectivity index (χ0) is 19.1. The maximum atomic E-state index is 12.4. The van der Waals surface area contributed by atoms with Crippen LogP contribution in [0.4, 0.5) is 0 Å². The Balaban J connectivity index is 1.48. The minimum Gasteiger partial charge on any atom is -0.493 e. The highest BCUT2D eigenvalue weighted by molar-refractivity contribution is 7.09. The van der Waals surface area contributed by atoms with Crippen LogP contribution in [0.15, 0.2) is 29.6 Å². The third kappa shape index (κ3) is 5.66. The first-order valence-corrected chi connectivity index (χ1v) is 9.77. The van der Waals surface area contributed by atoms with Gasteiger partial charge in [0.05, 0.1) is 39.1 Å². The molecule has 1 saturated heterocycles. The SMILES string of the molecule is COc1ccccc1OCC(=O)N(C)Cc1csc(CN2CCOCC2)n1. The van der Waals surface area contributed by atoms with E-state index in [9.17, 15) is 4.79 Å². The van der Waals surface area contributed by atoms with Crippen LogP contribution in [0.25, 0.3) is 0 Å². The van der Waals surface area contributed by atoms with E-state index in [0.29, 0.717) is 18.0 Å². The predicted molar refractivity (Wildman–Crippen MR) is 103 cm³/mol. The Hall–Kier alpha value is -2.16. The van der Waals surface area contributed by atoms with Crippen LogP contribution in [0.3, 0.4) is 0 Å². The second kappa shape index (κ2) is 9.68. The van der Waals surface area contributed by atoms with Gasteiger partial charge in [-0.15, -0.1) is 11.3 Å². The van der Waals surface area contributed by atoms with Crippen LogP contribution < -0.4 is 9.47 Å². The molecular formula is C19H25N3O4S. The number of para-hydroxylation sites is 2. The number of benzene rings is 1. The number of rotatable bonds is 8. The average molecular weight is 391 g/mol. The van der Waals surface area contributed by atoms with Crippen LogP contribution in [0.2, 0.25) is 0 Å². The van der Waals surface area contributed by atoms with Gasteiger partial charge in [-0.1, -0.05) is 12.1 Å². The topological polar surface area (TPSA) is 64.1 Å². The molecule has 0 radical (unpaired) electrons. The molecule has 0 unspecified atom stereocenters. The molecule has 0 saturated carbocycles. The Kier molecular flexibility index (Phi) is 7.03. The Morgan fingerprint density at radius 2 is 2.04 bits per heavy atom. The number of carbonyl (C=O) groups excluding carboxylic acids is 1. The van der Waals surface area contributed by atoms with Crippen LogP contribution in [0.1, 0.15) is 10.7 Å². The molecule has 0 aliphatic carbocycles. The van der Waals surface area contributed by atoms with Gasteiger partial charge >= 0.3 is 0 Å². The molecule has 0 spiro atoms. The van der Waals surface area contributed by atoms with Crippen molar-refractivity contribution in [3.63, 3.8) is 0 Å². The zero-order valence-electron chi connectivity index (χ0n) is 15.7. The molecule has 27 heavy (non-hydrogen) atoms. The number of hydrogen-bond donors (Lipinski definition) is 0. The molecule has 8 heteroatoms. The molecule has 2 heterocycles. The molecule has 146 valence electrons. The minimum atomic E-state index is -0.108. The summed E-state index contributed by atoms with van der Waals surface area (Å²) in [4.78, 5) is 21.0. The van der Waals surface area contributed by atoms with Gasteiger partial charge in [-0.2, -0.15) is 0 Å². The van der Waals surface area contributed by atoms with Crippen molar-refractivity contribution in [1.29, 1.82) is 0 Å². The van der Waals surface area contributed by atoms with Crippen LogP contribution in [0.5, 0.6) is 11.5 Å². The first-order chi connectivity index (χ1) is 13.2. The monoisotopic (exact) mass is 391 g/mol. The normalized spacial score (nSPS) is 14.7. The quantitative estimate of drug-likeness (QED) is 0.686. The van der Waals surface area contributed by atoms with Gasteiger partial charge < -0.3 is 19.1 Å². The Morgan fingerprint density at radius 3 is 2.78 bits per heavy atom. The zero-order valence-corrected chi connectivity index (χ0v) is 16.5. The van der Waals surface area contributed by atoms with Crippen molar-refractivity contribution in [3.8, 4) is 11.5 Å². The van der Waals surface area contributed by atoms with Gasteiger partial charge in [-0.25, -0.2) is 4.98 Å². The number of amides is 1. The Labute approximate surface area is 163 Å². The van der Waals surface area contributed by atoms with Crippen molar-refractivity contribution in [2.45, 2.75) is 13.1 Å². The summed E-state index contributed by atoms with van der Waals surface area (Å²) in [6.45, 7) is 4.70. The molecule has 1 fully saturated rings. The van der Waals surface area contributed by atoms with E-state index in [1.54, 1.807) is 42.5 Å². The second-order valence-corrected chi connectivity index (χ2v) is 7.25. The average Bonchev–Trinajstić information content (AvgIpc) is 3.13. The van der Waals surface area contributed by atoms with E-state index in [-0.39, 0.29) is 12.5 Å². The molecule has 2 aromatic rings. The lowest BCUT2D eigenvalue weighted by Crippen LogP contribution is -2.35. The van der Waals surface area contributed by atoms with Crippen LogP contribution in [-0.2, 0) is 22.6 Å². The third-order valence-corrected chi connectivity index (χ3v) is 5.19. The summed E-state index contributed by atoms with van der Waals surface area (Å²) in [7, 11) is 3.34. The van der Waals surface area contributed by atoms with Gasteiger partial charge in [0.15, 0.2) is 18.1 Å². The van der Waals surface area contributed by atoms with E-state index in [2.05, 4.69) is 9.88 Å². The number of morpholine rings is 1. The lowest BCUT2D eigenvalue weighted by molar-refractivity contribution is -0.132. The fourth-order valence-electron chi connectivity index (χ4n) is 2.76. The number of methoxy groups -OCH3 is 1. The number of aromatic nitrogens is 1. The van der Waals surface area contributed by atoms with E-state index in [1.807, 2.05) is 17.5 Å². The van der Waals surface area contributed by atoms with Crippen molar-refractivity contribution >= 4 is 17.2 Å². The summed E-state index contributed by atoms with van der Waals surface area (Å²) in [6, 6.07) is 7.28. The van der Waals surface area contributed by atoms with Crippen molar-refractivity contribution in [1.82, 2.24) is 14.8 Å². The fourth-order valence-corrected chi connectivity index (χ4v) is 3.59. The highest BCUT2D eigenvalue weighted by atomic mass is 32.1. The molecule has 1 aromatic carbocycles. The van der Waals surface area contributed by atoms with Crippen molar-refractivity contribution < 1.29 is 19.0 Å². The first kappa shape index (κ1) is 19.6. The van der Waals surface area contributed by atoms with Gasteiger partial charge in [0, 0.05) is 25.5 Å². The largest absolute Gasteiger partial charge is 0.493 e. The second-order valence-electron chi connectivity index (χ2n) is 6.31. The lowest BCUT2D eigenvalue weighted by Gasteiger charge is -2.25. The number of hydrogen-bond acceptors (Lipinski definition) is 7. The molecule has 0 N–H and O–H groups in total. The summed E-state index contributed by atoms with van der Waals surface area (Å²) in [6.07, 6.45) is 0. The van der Waals surface area contributed by atoms with Crippen LogP contribution >= 0.6 is 11.3 Å². The number of nitrogens with zero attached hydrogens (tertiary/aromatic N) is 3. The molecule has 0 atom stereocenters. The molecule has 3 rings (SSSR count).